The number of carbonyl (C=O) groups excluding carboxylic acids is 1. The van der Waals surface area contributed by atoms with Gasteiger partial charge in [-0.05, 0) is 38.1 Å². The van der Waals surface area contributed by atoms with Crippen molar-refractivity contribution in [1.82, 2.24) is 19.7 Å². The lowest BCUT2D eigenvalue weighted by Crippen LogP contribution is -2.24. The Morgan fingerprint density at radius 3 is 2.34 bits per heavy atom. The SMILES string of the molecule is Cc1nc2ccccc2nc1COC(=O)c1nn(-c2ccccc2)c(C)cc1=O. The summed E-state index contributed by atoms with van der Waals surface area (Å²) in [5, 5.41) is 4.22. The molecule has 4 aromatic rings. The van der Waals surface area contributed by atoms with Gasteiger partial charge in [0.25, 0.3) is 0 Å². The van der Waals surface area contributed by atoms with Gasteiger partial charge >= 0.3 is 5.97 Å². The van der Waals surface area contributed by atoms with Crippen molar-refractivity contribution < 1.29 is 9.53 Å². The van der Waals surface area contributed by atoms with Crippen LogP contribution in [0.2, 0.25) is 0 Å². The first-order valence-corrected chi connectivity index (χ1v) is 9.09. The van der Waals surface area contributed by atoms with Crippen molar-refractivity contribution >= 4 is 17.0 Å². The number of para-hydroxylation sites is 3. The fourth-order valence-electron chi connectivity index (χ4n) is 2.98. The van der Waals surface area contributed by atoms with E-state index in [4.69, 9.17) is 4.74 Å². The minimum atomic E-state index is -0.797. The lowest BCUT2D eigenvalue weighted by atomic mass is 10.2. The molecule has 4 rings (SSSR count). The van der Waals surface area contributed by atoms with E-state index in [9.17, 15) is 9.59 Å². The van der Waals surface area contributed by atoms with E-state index >= 15 is 0 Å². The van der Waals surface area contributed by atoms with Crippen molar-refractivity contribution in [3.05, 3.63) is 93.7 Å². The maximum Gasteiger partial charge on any atom is 0.363 e. The quantitative estimate of drug-likeness (QED) is 0.501. The molecule has 0 fully saturated rings. The Balaban J connectivity index is 1.61. The molecule has 2 aromatic heterocycles. The van der Waals surface area contributed by atoms with Gasteiger partial charge in [0.05, 0.1) is 28.1 Å². The molecule has 0 aliphatic heterocycles. The average Bonchev–Trinajstić information content (AvgIpc) is 2.72. The molecule has 7 nitrogen and oxygen atoms in total. The zero-order valence-electron chi connectivity index (χ0n) is 16.0. The summed E-state index contributed by atoms with van der Waals surface area (Å²) >= 11 is 0. The Bertz CT molecular complexity index is 1270. The van der Waals surface area contributed by atoms with Crippen LogP contribution in [0.5, 0.6) is 0 Å². The molecule has 0 radical (unpaired) electrons. The van der Waals surface area contributed by atoms with E-state index in [0.717, 1.165) is 11.2 Å². The largest absolute Gasteiger partial charge is 0.454 e. The second-order valence-electron chi connectivity index (χ2n) is 6.57. The number of esters is 1. The Hall–Kier alpha value is -3.87. The van der Waals surface area contributed by atoms with E-state index in [-0.39, 0.29) is 12.3 Å². The molecular formula is C22H18N4O3. The standard InChI is InChI=1S/C22H18N4O3/c1-14-12-20(27)21(25-26(14)16-8-4-3-5-9-16)22(28)29-13-19-15(2)23-17-10-6-7-11-18(17)24-19/h3-12H,13H2,1-2H3. The van der Waals surface area contributed by atoms with Gasteiger partial charge in [-0.15, -0.1) is 0 Å². The number of benzene rings is 2. The van der Waals surface area contributed by atoms with Crippen molar-refractivity contribution in [1.29, 1.82) is 0 Å². The van der Waals surface area contributed by atoms with Crippen LogP contribution in [0.25, 0.3) is 16.7 Å². The van der Waals surface area contributed by atoms with Crippen LogP contribution in [0.4, 0.5) is 0 Å². The Kier molecular flexibility index (Phi) is 4.87. The molecule has 7 heteroatoms. The first-order valence-electron chi connectivity index (χ1n) is 9.09. The summed E-state index contributed by atoms with van der Waals surface area (Å²) < 4.78 is 6.88. The summed E-state index contributed by atoms with van der Waals surface area (Å²) in [6.45, 7) is 3.46. The molecule has 0 bridgehead atoms. The van der Waals surface area contributed by atoms with Crippen LogP contribution in [-0.4, -0.2) is 25.7 Å². The molecule has 0 amide bonds. The van der Waals surface area contributed by atoms with Gasteiger partial charge < -0.3 is 4.74 Å². The molecule has 0 aliphatic rings. The van der Waals surface area contributed by atoms with Gasteiger partial charge in [-0.25, -0.2) is 19.4 Å². The molecule has 0 saturated heterocycles. The maximum atomic E-state index is 12.6. The van der Waals surface area contributed by atoms with Gasteiger partial charge in [-0.3, -0.25) is 4.79 Å². The topological polar surface area (TPSA) is 87.0 Å². The van der Waals surface area contributed by atoms with Crippen molar-refractivity contribution in [2.45, 2.75) is 20.5 Å². The fraction of sp³-hybridized carbons (Fsp3) is 0.136. The lowest BCUT2D eigenvalue weighted by Gasteiger charge is -2.11. The lowest BCUT2D eigenvalue weighted by molar-refractivity contribution is 0.0456. The number of ether oxygens (including phenoxy) is 1. The molecule has 2 aromatic carbocycles. The average molecular weight is 386 g/mol. The monoisotopic (exact) mass is 386 g/mol. The van der Waals surface area contributed by atoms with Crippen molar-refractivity contribution in [2.24, 2.45) is 0 Å². The summed E-state index contributed by atoms with van der Waals surface area (Å²) in [6, 6.07) is 18.1. The summed E-state index contributed by atoms with van der Waals surface area (Å²) in [6.07, 6.45) is 0. The van der Waals surface area contributed by atoms with Crippen LogP contribution < -0.4 is 5.43 Å². The predicted octanol–water partition coefficient (Wildman–Crippen LogP) is 3.15. The third kappa shape index (κ3) is 3.75. The first-order chi connectivity index (χ1) is 14.0. The minimum absolute atomic E-state index is 0.0944. The summed E-state index contributed by atoms with van der Waals surface area (Å²) in [5.74, 6) is -0.797. The molecule has 29 heavy (non-hydrogen) atoms. The number of hydrogen-bond donors (Lipinski definition) is 0. The molecule has 0 saturated carbocycles. The fourth-order valence-corrected chi connectivity index (χ4v) is 2.98. The minimum Gasteiger partial charge on any atom is -0.454 e. The van der Waals surface area contributed by atoms with Crippen LogP contribution in [0, 0.1) is 13.8 Å². The van der Waals surface area contributed by atoms with Gasteiger partial charge in [0.15, 0.2) is 0 Å². The van der Waals surface area contributed by atoms with E-state index in [0.29, 0.717) is 22.6 Å². The second-order valence-corrected chi connectivity index (χ2v) is 6.57. The van der Waals surface area contributed by atoms with Crippen LogP contribution in [-0.2, 0) is 11.3 Å². The van der Waals surface area contributed by atoms with Crippen LogP contribution in [0.1, 0.15) is 27.6 Å². The predicted molar refractivity (Wildman–Crippen MR) is 108 cm³/mol. The van der Waals surface area contributed by atoms with Gasteiger partial charge in [0.2, 0.25) is 11.1 Å². The number of hydrogen-bond acceptors (Lipinski definition) is 6. The maximum absolute atomic E-state index is 12.6. The highest BCUT2D eigenvalue weighted by molar-refractivity contribution is 5.87. The van der Waals surface area contributed by atoms with E-state index in [1.54, 1.807) is 18.5 Å². The molecule has 0 aliphatic carbocycles. The van der Waals surface area contributed by atoms with E-state index in [1.165, 1.54) is 6.07 Å². The van der Waals surface area contributed by atoms with Gasteiger partial charge in [0, 0.05) is 11.8 Å². The molecular weight excluding hydrogens is 368 g/mol. The summed E-state index contributed by atoms with van der Waals surface area (Å²) in [7, 11) is 0. The molecule has 2 heterocycles. The number of carbonyl (C=O) groups is 1. The highest BCUT2D eigenvalue weighted by Gasteiger charge is 2.18. The van der Waals surface area contributed by atoms with Crippen LogP contribution >= 0.6 is 0 Å². The smallest absolute Gasteiger partial charge is 0.363 e. The second kappa shape index (κ2) is 7.63. The molecule has 0 atom stereocenters. The summed E-state index contributed by atoms with van der Waals surface area (Å²) in [4.78, 5) is 33.8. The van der Waals surface area contributed by atoms with Gasteiger partial charge in [-0.1, -0.05) is 30.3 Å². The highest BCUT2D eigenvalue weighted by Crippen LogP contribution is 2.14. The summed E-state index contributed by atoms with van der Waals surface area (Å²) in [5.41, 5.74) is 3.29. The normalized spacial score (nSPS) is 10.8. The Morgan fingerprint density at radius 2 is 1.62 bits per heavy atom. The van der Waals surface area contributed by atoms with E-state index < -0.39 is 11.4 Å². The number of rotatable bonds is 4. The number of nitrogens with zero attached hydrogens (tertiary/aromatic N) is 4. The molecule has 144 valence electrons. The zero-order valence-corrected chi connectivity index (χ0v) is 16.0. The third-order valence-corrected chi connectivity index (χ3v) is 4.48. The molecule has 0 spiro atoms. The van der Waals surface area contributed by atoms with E-state index in [2.05, 4.69) is 15.1 Å². The van der Waals surface area contributed by atoms with Crippen LogP contribution in [0.15, 0.2) is 65.5 Å². The van der Waals surface area contributed by atoms with Crippen molar-refractivity contribution in [3.8, 4) is 5.69 Å². The third-order valence-electron chi connectivity index (χ3n) is 4.48. The number of aromatic nitrogens is 4. The van der Waals surface area contributed by atoms with Gasteiger partial charge in [0.1, 0.15) is 6.61 Å². The van der Waals surface area contributed by atoms with E-state index in [1.807, 2.05) is 54.6 Å². The molecule has 0 N–H and O–H groups in total. The Morgan fingerprint density at radius 1 is 0.966 bits per heavy atom. The van der Waals surface area contributed by atoms with Crippen molar-refractivity contribution in [2.75, 3.05) is 0 Å². The Labute approximate surface area is 166 Å². The van der Waals surface area contributed by atoms with Crippen LogP contribution in [0.3, 0.4) is 0 Å². The van der Waals surface area contributed by atoms with Crippen molar-refractivity contribution in [3.63, 3.8) is 0 Å². The van der Waals surface area contributed by atoms with Gasteiger partial charge in [-0.2, -0.15) is 5.10 Å². The zero-order chi connectivity index (χ0) is 20.4. The number of aryl methyl sites for hydroxylation is 2. The number of fused-ring (bicyclic) bond motifs is 1. The first kappa shape index (κ1) is 18.5. The molecule has 0 unspecified atom stereocenters. The highest BCUT2D eigenvalue weighted by atomic mass is 16.5.